The minimum atomic E-state index is -0.248. The number of benzene rings is 1. The Morgan fingerprint density at radius 2 is 1.76 bits per heavy atom. The number of ether oxygens (including phenoxy) is 2. The molecule has 1 aromatic carbocycles. The van der Waals surface area contributed by atoms with Gasteiger partial charge in [0.25, 0.3) is 0 Å². The normalized spacial score (nSPS) is 22.2. The Kier molecular flexibility index (Phi) is 4.21. The van der Waals surface area contributed by atoms with Crippen molar-refractivity contribution in [1.29, 1.82) is 0 Å². The van der Waals surface area contributed by atoms with E-state index < -0.39 is 0 Å². The molecule has 0 amide bonds. The van der Waals surface area contributed by atoms with E-state index >= 15 is 0 Å². The Bertz CT molecular complexity index is 591. The van der Waals surface area contributed by atoms with Gasteiger partial charge in [-0.2, -0.15) is 0 Å². The molecule has 1 aromatic rings. The highest BCUT2D eigenvalue weighted by Gasteiger charge is 2.36. The number of carbonyl (C=O) groups is 1. The third-order valence-corrected chi connectivity index (χ3v) is 4.46. The monoisotopic (exact) mass is 286 g/mol. The molecular weight excluding hydrogens is 264 g/mol. The minimum Gasteiger partial charge on any atom is -0.497 e. The van der Waals surface area contributed by atoms with Crippen molar-refractivity contribution in [2.24, 2.45) is 0 Å². The van der Waals surface area contributed by atoms with Crippen LogP contribution in [0.3, 0.4) is 0 Å². The van der Waals surface area contributed by atoms with Crippen LogP contribution in [0.1, 0.15) is 32.3 Å². The number of allylic oxidation sites excluding steroid dienone is 3. The van der Waals surface area contributed by atoms with Crippen molar-refractivity contribution >= 4 is 5.78 Å². The van der Waals surface area contributed by atoms with Gasteiger partial charge in [-0.3, -0.25) is 4.79 Å². The molecule has 3 heteroatoms. The molecule has 0 aromatic heterocycles. The largest absolute Gasteiger partial charge is 0.497 e. The molecule has 0 saturated heterocycles. The smallest absolute Gasteiger partial charge is 0.158 e. The Hall–Kier alpha value is -2.03. The van der Waals surface area contributed by atoms with Gasteiger partial charge in [0, 0.05) is 17.9 Å². The first-order valence-corrected chi connectivity index (χ1v) is 7.06. The number of hydrogen-bond acceptors (Lipinski definition) is 3. The second kappa shape index (κ2) is 5.76. The molecule has 0 spiro atoms. The summed E-state index contributed by atoms with van der Waals surface area (Å²) in [5, 5.41) is 0. The quantitative estimate of drug-likeness (QED) is 0.844. The van der Waals surface area contributed by atoms with Gasteiger partial charge < -0.3 is 9.47 Å². The molecule has 21 heavy (non-hydrogen) atoms. The van der Waals surface area contributed by atoms with Crippen LogP contribution >= 0.6 is 0 Å². The van der Waals surface area contributed by atoms with E-state index in [1.54, 1.807) is 20.3 Å². The number of ketones is 1. The lowest BCUT2D eigenvalue weighted by molar-refractivity contribution is -0.116. The summed E-state index contributed by atoms with van der Waals surface area (Å²) in [6.45, 7) is 7.93. The van der Waals surface area contributed by atoms with Gasteiger partial charge in [-0.1, -0.05) is 19.6 Å². The Morgan fingerprint density at radius 3 is 2.24 bits per heavy atom. The van der Waals surface area contributed by atoms with Crippen LogP contribution in [0, 0.1) is 0 Å². The van der Waals surface area contributed by atoms with Crippen molar-refractivity contribution in [3.05, 3.63) is 47.6 Å². The standard InChI is InChI=1S/C18H22O3/c1-6-16-12(2)17(19)7-8-18(16,3)13-9-14(20-4)11-15(10-13)21-5/h6,9-11H,1,7-8H2,2-5H3. The van der Waals surface area contributed by atoms with E-state index in [-0.39, 0.29) is 11.2 Å². The SMILES string of the molecule is C=CC1=C(C)C(=O)CCC1(C)c1cc(OC)cc(OC)c1. The maximum atomic E-state index is 12.0. The molecule has 1 aliphatic rings. The van der Waals surface area contributed by atoms with Gasteiger partial charge in [-0.25, -0.2) is 0 Å². The summed E-state index contributed by atoms with van der Waals surface area (Å²) < 4.78 is 10.7. The predicted molar refractivity (Wildman–Crippen MR) is 84.0 cm³/mol. The molecule has 0 N–H and O–H groups in total. The molecule has 0 aliphatic heterocycles. The van der Waals surface area contributed by atoms with Crippen LogP contribution in [0.15, 0.2) is 42.0 Å². The first kappa shape index (κ1) is 15.4. The summed E-state index contributed by atoms with van der Waals surface area (Å²) in [5.41, 5.74) is 2.64. The first-order valence-electron chi connectivity index (χ1n) is 7.06. The average Bonchev–Trinajstić information content (AvgIpc) is 2.51. The van der Waals surface area contributed by atoms with Gasteiger partial charge in [0.05, 0.1) is 14.2 Å². The van der Waals surface area contributed by atoms with Gasteiger partial charge >= 0.3 is 0 Å². The Morgan fingerprint density at radius 1 is 1.19 bits per heavy atom. The van der Waals surface area contributed by atoms with Crippen LogP contribution in [-0.2, 0) is 10.2 Å². The molecule has 112 valence electrons. The summed E-state index contributed by atoms with van der Waals surface area (Å²) in [5.74, 6) is 1.71. The molecule has 1 aliphatic carbocycles. The van der Waals surface area contributed by atoms with E-state index in [0.29, 0.717) is 6.42 Å². The van der Waals surface area contributed by atoms with Crippen LogP contribution in [0.5, 0.6) is 11.5 Å². The predicted octanol–water partition coefficient (Wildman–Crippen LogP) is 3.83. The zero-order valence-corrected chi connectivity index (χ0v) is 13.2. The van der Waals surface area contributed by atoms with Crippen molar-refractivity contribution in [1.82, 2.24) is 0 Å². The second-order valence-electron chi connectivity index (χ2n) is 5.60. The van der Waals surface area contributed by atoms with Crippen LogP contribution in [0.2, 0.25) is 0 Å². The maximum Gasteiger partial charge on any atom is 0.158 e. The van der Waals surface area contributed by atoms with E-state index in [1.807, 2.05) is 25.1 Å². The van der Waals surface area contributed by atoms with Crippen LogP contribution in [-0.4, -0.2) is 20.0 Å². The molecule has 0 saturated carbocycles. The number of hydrogen-bond donors (Lipinski definition) is 0. The zero-order chi connectivity index (χ0) is 15.6. The molecular formula is C18H22O3. The lowest BCUT2D eigenvalue weighted by Crippen LogP contribution is -2.31. The summed E-state index contributed by atoms with van der Waals surface area (Å²) in [6, 6.07) is 5.87. The fraction of sp³-hybridized carbons (Fsp3) is 0.389. The summed E-state index contributed by atoms with van der Waals surface area (Å²) in [7, 11) is 3.28. The molecule has 1 unspecified atom stereocenters. The van der Waals surface area contributed by atoms with Gasteiger partial charge in [0.2, 0.25) is 0 Å². The lowest BCUT2D eigenvalue weighted by atomic mass is 9.67. The van der Waals surface area contributed by atoms with Crippen molar-refractivity contribution < 1.29 is 14.3 Å². The highest BCUT2D eigenvalue weighted by Crippen LogP contribution is 2.44. The Labute approximate surface area is 126 Å². The highest BCUT2D eigenvalue weighted by atomic mass is 16.5. The van der Waals surface area contributed by atoms with Gasteiger partial charge in [-0.05, 0) is 42.2 Å². The van der Waals surface area contributed by atoms with Crippen LogP contribution in [0.4, 0.5) is 0 Å². The maximum absolute atomic E-state index is 12.0. The molecule has 0 fully saturated rings. The topological polar surface area (TPSA) is 35.5 Å². The summed E-state index contributed by atoms with van der Waals surface area (Å²) >= 11 is 0. The number of Topliss-reactive ketones (excluding diaryl/α,β-unsaturated/α-hetero) is 1. The number of methoxy groups -OCH3 is 2. The van der Waals surface area contributed by atoms with E-state index in [1.165, 1.54) is 0 Å². The highest BCUT2D eigenvalue weighted by molar-refractivity contribution is 5.97. The number of carbonyl (C=O) groups excluding carboxylic acids is 1. The van der Waals surface area contributed by atoms with Crippen LogP contribution in [0.25, 0.3) is 0 Å². The van der Waals surface area contributed by atoms with E-state index in [0.717, 1.165) is 34.6 Å². The van der Waals surface area contributed by atoms with E-state index in [4.69, 9.17) is 9.47 Å². The van der Waals surface area contributed by atoms with Crippen molar-refractivity contribution in [3.8, 4) is 11.5 Å². The fourth-order valence-electron chi connectivity index (χ4n) is 3.05. The molecule has 0 radical (unpaired) electrons. The number of rotatable bonds is 4. The molecule has 3 nitrogen and oxygen atoms in total. The van der Waals surface area contributed by atoms with Gasteiger partial charge in [-0.15, -0.1) is 0 Å². The lowest BCUT2D eigenvalue weighted by Gasteiger charge is -2.36. The van der Waals surface area contributed by atoms with Crippen molar-refractivity contribution in [2.45, 2.75) is 32.1 Å². The minimum absolute atomic E-state index is 0.206. The molecule has 2 rings (SSSR count). The molecule has 0 heterocycles. The summed E-state index contributed by atoms with van der Waals surface area (Å²) in [4.78, 5) is 12.0. The first-order chi connectivity index (χ1) is 9.96. The zero-order valence-electron chi connectivity index (χ0n) is 13.2. The molecule has 0 bridgehead atoms. The second-order valence-corrected chi connectivity index (χ2v) is 5.60. The van der Waals surface area contributed by atoms with Crippen molar-refractivity contribution in [3.63, 3.8) is 0 Å². The van der Waals surface area contributed by atoms with Gasteiger partial charge in [0.1, 0.15) is 11.5 Å². The Balaban J connectivity index is 2.63. The van der Waals surface area contributed by atoms with Crippen LogP contribution < -0.4 is 9.47 Å². The third kappa shape index (κ3) is 2.60. The van der Waals surface area contributed by atoms with E-state index in [9.17, 15) is 4.79 Å². The average molecular weight is 286 g/mol. The third-order valence-electron chi connectivity index (χ3n) is 4.46. The van der Waals surface area contributed by atoms with E-state index in [2.05, 4.69) is 13.5 Å². The molecule has 1 atom stereocenters. The fourth-order valence-corrected chi connectivity index (χ4v) is 3.05. The summed E-state index contributed by atoms with van der Waals surface area (Å²) in [6.07, 6.45) is 3.12. The van der Waals surface area contributed by atoms with Gasteiger partial charge in [0.15, 0.2) is 5.78 Å². The van der Waals surface area contributed by atoms with Crippen molar-refractivity contribution in [2.75, 3.05) is 14.2 Å².